The lowest BCUT2D eigenvalue weighted by Crippen LogP contribution is -2.65. The van der Waals surface area contributed by atoms with Crippen LogP contribution in [0.1, 0.15) is 70.6 Å². The first kappa shape index (κ1) is 63.2. The number of esters is 2. The van der Waals surface area contributed by atoms with Gasteiger partial charge in [0.25, 0.3) is 0 Å². The molecular weight excluding hydrogens is 1080 g/mol. The lowest BCUT2D eigenvalue weighted by molar-refractivity contribution is -0.373. The van der Waals surface area contributed by atoms with Gasteiger partial charge in [-0.25, -0.2) is 4.79 Å². The average Bonchev–Trinajstić information content (AvgIpc) is 3.44. The maximum Gasteiger partial charge on any atom is 0.330 e. The number of hydrogen-bond acceptors (Lipinski definition) is 29. The van der Waals surface area contributed by atoms with Crippen LogP contribution >= 0.6 is 0 Å². The highest BCUT2D eigenvalue weighted by Crippen LogP contribution is 2.45. The van der Waals surface area contributed by atoms with Crippen LogP contribution in [0, 0.1) is 17.8 Å². The van der Waals surface area contributed by atoms with Crippen molar-refractivity contribution in [3.63, 3.8) is 0 Å². The van der Waals surface area contributed by atoms with E-state index in [2.05, 4.69) is 0 Å². The van der Waals surface area contributed by atoms with Crippen molar-refractivity contribution in [1.82, 2.24) is 0 Å². The van der Waals surface area contributed by atoms with Crippen molar-refractivity contribution in [2.75, 3.05) is 26.4 Å². The molecule has 0 aromatic heterocycles. The van der Waals surface area contributed by atoms with Gasteiger partial charge in [-0.1, -0.05) is 6.08 Å². The number of aliphatic carboxylic acids is 1. The van der Waals surface area contributed by atoms with Gasteiger partial charge in [0, 0.05) is 18.4 Å². The maximum atomic E-state index is 13.2. The summed E-state index contributed by atoms with van der Waals surface area (Å²) in [6.45, 7) is -2.57. The number of carbonyl (C=O) groups is 3. The van der Waals surface area contributed by atoms with Gasteiger partial charge in [-0.2, -0.15) is 0 Å². The second-order valence-corrected chi connectivity index (χ2v) is 22.2. The van der Waals surface area contributed by atoms with Crippen LogP contribution in [0.3, 0.4) is 0 Å². The lowest BCUT2D eigenvalue weighted by Gasteiger charge is -2.53. The van der Waals surface area contributed by atoms with Gasteiger partial charge in [0.1, 0.15) is 111 Å². The predicted octanol–water partition coefficient (Wildman–Crippen LogP) is -7.22. The molecule has 0 bridgehead atoms. The zero-order valence-electron chi connectivity index (χ0n) is 43.5. The Labute approximate surface area is 457 Å². The molecule has 8 rings (SSSR count). The van der Waals surface area contributed by atoms with E-state index in [1.165, 1.54) is 6.08 Å². The quantitative estimate of drug-likeness (QED) is 0.0344. The van der Waals surface area contributed by atoms with Crippen LogP contribution in [0.5, 0.6) is 0 Å². The number of carboxylic acid groups (broad SMARTS) is 1. The summed E-state index contributed by atoms with van der Waals surface area (Å²) in [6, 6.07) is 0. The zero-order chi connectivity index (χ0) is 57.9. The Morgan fingerprint density at radius 3 is 1.77 bits per heavy atom. The van der Waals surface area contributed by atoms with Crippen molar-refractivity contribution in [3.8, 4) is 0 Å². The van der Waals surface area contributed by atoms with Crippen molar-refractivity contribution in [2.45, 2.75) is 236 Å². The van der Waals surface area contributed by atoms with Crippen molar-refractivity contribution in [1.29, 1.82) is 0 Å². The molecule has 0 radical (unpaired) electrons. The van der Waals surface area contributed by atoms with E-state index < -0.39 is 228 Å². The van der Waals surface area contributed by atoms with Crippen LogP contribution in [-0.2, 0) is 66.5 Å². The van der Waals surface area contributed by atoms with E-state index in [1.807, 2.05) is 0 Å². The molecule has 3 saturated carbocycles. The number of allylic oxidation sites excluding steroid dienone is 1. The van der Waals surface area contributed by atoms with Gasteiger partial charge in [0.15, 0.2) is 25.2 Å². The number of hydrogen-bond donors (Lipinski definition) is 16. The molecule has 30 heteroatoms. The second-order valence-electron chi connectivity index (χ2n) is 22.2. The number of carbonyl (C=O) groups excluding carboxylic acids is 2. The van der Waals surface area contributed by atoms with Crippen molar-refractivity contribution in [2.24, 2.45) is 17.8 Å². The fourth-order valence-corrected chi connectivity index (χ4v) is 12.0. The molecule has 9 unspecified atom stereocenters. The molecule has 5 saturated heterocycles. The third-order valence-corrected chi connectivity index (χ3v) is 16.6. The standard InChI is InChI=1S/C50H78O30/c51-14-29-36(61)39(64)43(68)48(77-29)73-21-5-1-18(2-6-21)3-8-33(58)70-16-31-38(63)41(66)46(80-47-42(67)35(60)25(55)15-72-47)50(79-31)76-28-12-22-26(74-45(28)19-4-7-23(53)24(54)9-19)10-20(52)11-27(22)75-49-44(69)40(65)37(62)30(78-49)17-71-34(59)13-32(56)57/h3,8,18-31,35-55,60-69H,1-2,4-7,9-17H2,(H,56,57)/t18?,19?,20?,21?,22?,23?,24?,25-,26?,27?,28?,29-,30-,31-,35+,36-,37-,38-,39+,40+,41+,42-,43-,44-,45?,46-,47+,48-,49-,50-/m1/s1. The summed E-state index contributed by atoms with van der Waals surface area (Å²) in [4.78, 5) is 36.3. The third-order valence-electron chi connectivity index (χ3n) is 16.6. The fraction of sp³-hybridized carbons (Fsp3) is 0.900. The van der Waals surface area contributed by atoms with Gasteiger partial charge in [0.05, 0.1) is 62.0 Å². The van der Waals surface area contributed by atoms with E-state index in [0.29, 0.717) is 32.1 Å². The highest BCUT2D eigenvalue weighted by Gasteiger charge is 2.56. The maximum absolute atomic E-state index is 13.2. The minimum Gasteiger partial charge on any atom is -0.481 e. The van der Waals surface area contributed by atoms with Gasteiger partial charge in [-0.3, -0.25) is 9.59 Å². The Hall–Kier alpha value is -2.81. The first-order valence-electron chi connectivity index (χ1n) is 27.2. The molecular formula is C50H78O30. The third kappa shape index (κ3) is 15.0. The minimum atomic E-state index is -1.97. The Morgan fingerprint density at radius 2 is 1.11 bits per heavy atom. The molecule has 5 heterocycles. The molecule has 16 N–H and O–H groups in total. The summed E-state index contributed by atoms with van der Waals surface area (Å²) in [6.07, 6.45) is -35.9. The van der Waals surface area contributed by atoms with Gasteiger partial charge < -0.3 is 134 Å². The summed E-state index contributed by atoms with van der Waals surface area (Å²) in [7, 11) is 0. The topological polar surface area (TPSA) is 476 Å². The Morgan fingerprint density at radius 1 is 0.512 bits per heavy atom. The summed E-state index contributed by atoms with van der Waals surface area (Å²) < 4.78 is 65.0. The molecule has 0 aromatic rings. The van der Waals surface area contributed by atoms with E-state index in [-0.39, 0.29) is 38.0 Å². The summed E-state index contributed by atoms with van der Waals surface area (Å²) in [5.74, 6) is -5.01. The first-order valence-corrected chi connectivity index (χ1v) is 27.2. The normalized spacial score (nSPS) is 48.4. The minimum absolute atomic E-state index is 0.00484. The SMILES string of the molecule is O=C(O)CC(=O)OC[C@H]1O[C@@H](OC2CC(O)CC3OC(C4CCC(O)C(O)C4)C(O[C@@H]4O[C@H](COC(=O)C=CC5CCC(O[C@@H]6O[C@H](CO)[C@@H](O)[C@H](O)[C@H]6O)CC5)[C@@H](O)[C@H](O)[C@H]4O[C@@H]4OC[C@@H](O)[C@H](O)[C@H]4O)CC32)[C@H](O)[C@@H](O)[C@@H]1O. The van der Waals surface area contributed by atoms with E-state index >= 15 is 0 Å². The van der Waals surface area contributed by atoms with Crippen LogP contribution in [0.4, 0.5) is 0 Å². The van der Waals surface area contributed by atoms with Crippen LogP contribution in [0.15, 0.2) is 12.2 Å². The van der Waals surface area contributed by atoms with E-state index in [9.17, 15) is 91.0 Å². The summed E-state index contributed by atoms with van der Waals surface area (Å²) in [5, 5.41) is 169. The fourth-order valence-electron chi connectivity index (χ4n) is 12.0. The number of rotatable bonds is 18. The molecule has 8 aliphatic rings. The van der Waals surface area contributed by atoms with E-state index in [1.54, 1.807) is 6.08 Å². The molecule has 80 heavy (non-hydrogen) atoms. The molecule has 8 fully saturated rings. The number of aliphatic hydroxyl groups excluding tert-OH is 15. The molecule has 0 amide bonds. The number of carboxylic acids is 1. The molecule has 30 nitrogen and oxygen atoms in total. The Bertz CT molecular complexity index is 2030. The molecule has 5 aliphatic heterocycles. The van der Waals surface area contributed by atoms with E-state index in [0.717, 1.165) is 0 Å². The van der Waals surface area contributed by atoms with E-state index in [4.69, 9.17) is 57.2 Å². The number of fused-ring (bicyclic) bond motifs is 1. The largest absolute Gasteiger partial charge is 0.481 e. The molecule has 28 atom stereocenters. The zero-order valence-corrected chi connectivity index (χ0v) is 43.5. The highest BCUT2D eigenvalue weighted by molar-refractivity contribution is 5.90. The molecule has 458 valence electrons. The van der Waals surface area contributed by atoms with Crippen LogP contribution in [0.25, 0.3) is 0 Å². The average molecular weight is 1160 g/mol. The summed E-state index contributed by atoms with van der Waals surface area (Å²) >= 11 is 0. The highest BCUT2D eigenvalue weighted by atomic mass is 16.8. The predicted molar refractivity (Wildman–Crippen MR) is 255 cm³/mol. The smallest absolute Gasteiger partial charge is 0.330 e. The Balaban J connectivity index is 0.974. The first-order chi connectivity index (χ1) is 38.0. The van der Waals surface area contributed by atoms with Gasteiger partial charge in [0.2, 0.25) is 0 Å². The van der Waals surface area contributed by atoms with Gasteiger partial charge >= 0.3 is 17.9 Å². The van der Waals surface area contributed by atoms with Crippen molar-refractivity contribution >= 4 is 17.9 Å². The van der Waals surface area contributed by atoms with Gasteiger partial charge in [-0.15, -0.1) is 0 Å². The number of aliphatic hydroxyl groups is 15. The van der Waals surface area contributed by atoms with Crippen molar-refractivity contribution in [3.05, 3.63) is 12.2 Å². The van der Waals surface area contributed by atoms with Crippen LogP contribution in [0.2, 0.25) is 0 Å². The van der Waals surface area contributed by atoms with Crippen LogP contribution in [-0.4, -0.2) is 292 Å². The molecule has 3 aliphatic carbocycles. The molecule has 0 aromatic carbocycles. The van der Waals surface area contributed by atoms with Crippen LogP contribution < -0.4 is 0 Å². The Kier molecular flexibility index (Phi) is 22.1. The van der Waals surface area contributed by atoms with Gasteiger partial charge in [-0.05, 0) is 69.6 Å². The number of ether oxygens (including phenoxy) is 11. The second kappa shape index (κ2) is 27.9. The monoisotopic (exact) mass is 1160 g/mol. The summed E-state index contributed by atoms with van der Waals surface area (Å²) in [5.41, 5.74) is 0. The molecule has 0 spiro atoms. The van der Waals surface area contributed by atoms with Crippen molar-refractivity contribution < 1.29 is 148 Å². The lowest BCUT2D eigenvalue weighted by atomic mass is 9.72.